The summed E-state index contributed by atoms with van der Waals surface area (Å²) in [5.74, 6) is -3.82. The van der Waals surface area contributed by atoms with Crippen LogP contribution in [0.15, 0.2) is 4.99 Å². The van der Waals surface area contributed by atoms with Crippen LogP contribution in [0.25, 0.3) is 0 Å². The minimum absolute atomic E-state index is 0.00473. The first-order valence-corrected chi connectivity index (χ1v) is 21.0. The maximum Gasteiger partial charge on any atom is 0.311 e. The molecule has 0 bridgehead atoms. The van der Waals surface area contributed by atoms with Crippen molar-refractivity contribution in [2.24, 2.45) is 28.7 Å². The Kier molecular flexibility index (Phi) is 15.7. The monoisotopic (exact) mass is 815 g/mol. The number of rotatable bonds is 8. The van der Waals surface area contributed by atoms with Crippen molar-refractivity contribution < 1.29 is 62.8 Å². The van der Waals surface area contributed by atoms with E-state index in [1.54, 1.807) is 41.7 Å². The Hall–Kier alpha value is -1.95. The number of hydrogen-bond acceptors (Lipinski definition) is 14. The molecule has 0 spiro atoms. The van der Waals surface area contributed by atoms with E-state index in [0.717, 1.165) is 0 Å². The maximum absolute atomic E-state index is 14.4. The highest BCUT2D eigenvalue weighted by atomic mass is 16.7. The summed E-state index contributed by atoms with van der Waals surface area (Å²) >= 11 is 0. The second-order valence-corrected chi connectivity index (χ2v) is 18.3. The normalized spacial score (nSPS) is 47.6. The largest absolute Gasteiger partial charge is 0.459 e. The molecular formula is C42H74N2O13. The Morgan fingerprint density at radius 3 is 2.11 bits per heavy atom. The van der Waals surface area contributed by atoms with Crippen molar-refractivity contribution in [2.45, 2.75) is 205 Å². The fourth-order valence-electron chi connectivity index (χ4n) is 9.42. The van der Waals surface area contributed by atoms with Crippen LogP contribution in [0.1, 0.15) is 115 Å². The Bertz CT molecular complexity index is 1400. The molecule has 4 aliphatic heterocycles. The fourth-order valence-corrected chi connectivity index (χ4v) is 9.42. The Morgan fingerprint density at radius 1 is 0.895 bits per heavy atom. The van der Waals surface area contributed by atoms with Crippen molar-refractivity contribution in [1.82, 2.24) is 4.90 Å². The van der Waals surface area contributed by atoms with Crippen LogP contribution >= 0.6 is 0 Å². The standard InChI is InChI=1S/C42H74N2O13/c1-16-30-42(12,49)34(46)24(6)29(45)17-22(4)19-41(11,51-15)36(57-38-33-28(18-23(5)52-38)44(13)39(56-33)43-21(2)3)25(7)32(26(8)37(48)54-30)55-31-20-40(10,50-14)35(47)27(9)53-31/h21-28,30-36,38,46-47,49H,16-20H2,1-15H3/t22-,23+,24-,25-,26+,27-,28-,30+,31-,32-,33+,34+,35-,36+,38-,40+,41+,42+/m0/s1. The van der Waals surface area contributed by atoms with E-state index in [2.05, 4.69) is 0 Å². The molecule has 0 aliphatic carbocycles. The number of carbonyl (C=O) groups excluding carboxylic acids is 2. The molecular weight excluding hydrogens is 740 g/mol. The first kappa shape index (κ1) is 47.7. The number of Topliss-reactive ketones (excluding diaryl/α,β-unsaturated/α-hetero) is 1. The van der Waals surface area contributed by atoms with E-state index >= 15 is 0 Å². The second-order valence-electron chi connectivity index (χ2n) is 18.3. The number of hydrogen-bond donors (Lipinski definition) is 3. The predicted octanol–water partition coefficient (Wildman–Crippen LogP) is 4.00. The molecule has 3 N–H and O–H groups in total. The number of carbonyl (C=O) groups is 2. The number of ketones is 1. The van der Waals surface area contributed by atoms with Gasteiger partial charge in [-0.2, -0.15) is 0 Å². The highest BCUT2D eigenvalue weighted by Gasteiger charge is 2.55. The summed E-state index contributed by atoms with van der Waals surface area (Å²) in [5.41, 5.74) is -4.08. The number of aliphatic hydroxyl groups is 3. The van der Waals surface area contributed by atoms with Gasteiger partial charge in [0.15, 0.2) is 18.7 Å². The van der Waals surface area contributed by atoms with Crippen LogP contribution in [-0.2, 0) is 47.5 Å². The lowest BCUT2D eigenvalue weighted by Crippen LogP contribution is -2.60. The van der Waals surface area contributed by atoms with Crippen LogP contribution in [0.2, 0.25) is 0 Å². The number of nitrogens with zero attached hydrogens (tertiary/aromatic N) is 2. The smallest absolute Gasteiger partial charge is 0.311 e. The van der Waals surface area contributed by atoms with Crippen LogP contribution in [0.5, 0.6) is 0 Å². The summed E-state index contributed by atoms with van der Waals surface area (Å²) in [6.07, 6.45) is -7.27. The highest BCUT2D eigenvalue weighted by molar-refractivity contribution is 5.81. The quantitative estimate of drug-likeness (QED) is 0.299. The summed E-state index contributed by atoms with van der Waals surface area (Å²) in [6, 6.07) is 0.405. The first-order chi connectivity index (χ1) is 26.4. The van der Waals surface area contributed by atoms with Gasteiger partial charge in [-0.1, -0.05) is 27.7 Å². The van der Waals surface area contributed by atoms with E-state index in [1.165, 1.54) is 14.0 Å². The molecule has 4 saturated heterocycles. The number of methoxy groups -OCH3 is 2. The third-order valence-electron chi connectivity index (χ3n) is 13.2. The van der Waals surface area contributed by atoms with Gasteiger partial charge in [0.05, 0.1) is 53.7 Å². The summed E-state index contributed by atoms with van der Waals surface area (Å²) in [7, 11) is 5.07. The van der Waals surface area contributed by atoms with Gasteiger partial charge < -0.3 is 58.1 Å². The van der Waals surface area contributed by atoms with E-state index in [1.807, 2.05) is 53.5 Å². The third-order valence-corrected chi connectivity index (χ3v) is 13.2. The lowest BCUT2D eigenvalue weighted by atomic mass is 9.76. The molecule has 4 rings (SSSR count). The van der Waals surface area contributed by atoms with Crippen LogP contribution in [0, 0.1) is 23.7 Å². The number of aliphatic imine (C=N–C) groups is 1. The van der Waals surface area contributed by atoms with Crippen molar-refractivity contribution in [3.63, 3.8) is 0 Å². The summed E-state index contributed by atoms with van der Waals surface area (Å²) in [4.78, 5) is 34.9. The molecule has 15 heteroatoms. The zero-order valence-electron chi connectivity index (χ0n) is 37.1. The number of amidine groups is 1. The molecule has 0 unspecified atom stereocenters. The molecule has 0 amide bonds. The molecule has 57 heavy (non-hydrogen) atoms. The average Bonchev–Trinajstić information content (AvgIpc) is 3.45. The van der Waals surface area contributed by atoms with Gasteiger partial charge in [0.2, 0.25) is 0 Å². The minimum atomic E-state index is -1.95. The van der Waals surface area contributed by atoms with Gasteiger partial charge in [0.25, 0.3) is 6.02 Å². The maximum atomic E-state index is 14.4. The SMILES string of the molecule is CC[C@H]1OC(=O)[C@H](C)[C@@H](O[C@H]2C[C@@](C)(OC)[C@@H](O)[C@H](C)O2)[C@H](C)[C@@H](O[C@@H]2O[C@H](C)C[C@H]3[C@H]2OC(=NC(C)C)N3C)[C@](C)(OC)C[C@@H](C)CC(=O)[C@H](C)[C@@H](O)[C@]1(C)O. The zero-order valence-corrected chi connectivity index (χ0v) is 37.1. The van der Waals surface area contributed by atoms with Gasteiger partial charge >= 0.3 is 5.97 Å². The molecule has 4 fully saturated rings. The van der Waals surface area contributed by atoms with Crippen molar-refractivity contribution in [2.75, 3.05) is 21.3 Å². The molecule has 0 aromatic rings. The topological polar surface area (TPSA) is 184 Å². The van der Waals surface area contributed by atoms with E-state index in [9.17, 15) is 24.9 Å². The van der Waals surface area contributed by atoms with E-state index < -0.39 is 95.8 Å². The highest BCUT2D eigenvalue weighted by Crippen LogP contribution is 2.42. The lowest BCUT2D eigenvalue weighted by molar-refractivity contribution is -0.315. The van der Waals surface area contributed by atoms with Crippen molar-refractivity contribution in [3.05, 3.63) is 0 Å². The first-order valence-electron chi connectivity index (χ1n) is 21.0. The lowest BCUT2D eigenvalue weighted by Gasteiger charge is -2.49. The Balaban J connectivity index is 1.87. The van der Waals surface area contributed by atoms with Crippen molar-refractivity contribution in [3.8, 4) is 0 Å². The van der Waals surface area contributed by atoms with Crippen LogP contribution in [0.3, 0.4) is 0 Å². The fraction of sp³-hybridized carbons (Fsp3) is 0.929. The molecule has 15 nitrogen and oxygen atoms in total. The second kappa shape index (κ2) is 18.8. The summed E-state index contributed by atoms with van der Waals surface area (Å²) < 4.78 is 51.5. The average molecular weight is 815 g/mol. The van der Waals surface area contributed by atoms with Gasteiger partial charge in [-0.25, -0.2) is 4.99 Å². The molecule has 18 atom stereocenters. The van der Waals surface area contributed by atoms with Crippen LogP contribution < -0.4 is 0 Å². The van der Waals surface area contributed by atoms with Crippen LogP contribution in [-0.4, -0.2) is 150 Å². The van der Waals surface area contributed by atoms with E-state index in [4.69, 9.17) is 42.9 Å². The number of ether oxygens (including phenoxy) is 8. The molecule has 0 radical (unpaired) electrons. The number of cyclic esters (lactones) is 1. The van der Waals surface area contributed by atoms with E-state index in [0.29, 0.717) is 18.9 Å². The molecule has 0 aromatic carbocycles. The third kappa shape index (κ3) is 10.2. The minimum Gasteiger partial charge on any atom is -0.459 e. The zero-order chi connectivity index (χ0) is 42.9. The number of likely N-dealkylation sites (N-methyl/N-ethyl adjacent to an activating group) is 1. The van der Waals surface area contributed by atoms with Gasteiger partial charge in [0.1, 0.15) is 23.6 Å². The van der Waals surface area contributed by atoms with Crippen LogP contribution in [0.4, 0.5) is 0 Å². The van der Waals surface area contributed by atoms with Gasteiger partial charge in [-0.15, -0.1) is 0 Å². The number of esters is 1. The molecule has 4 aliphatic rings. The van der Waals surface area contributed by atoms with E-state index in [-0.39, 0.29) is 49.2 Å². The van der Waals surface area contributed by atoms with Gasteiger partial charge in [-0.3, -0.25) is 9.59 Å². The summed E-state index contributed by atoms with van der Waals surface area (Å²) in [6.45, 7) is 21.7. The predicted molar refractivity (Wildman–Crippen MR) is 211 cm³/mol. The summed E-state index contributed by atoms with van der Waals surface area (Å²) in [5, 5.41) is 34.2. The molecule has 330 valence electrons. The molecule has 0 saturated carbocycles. The Morgan fingerprint density at radius 2 is 1.53 bits per heavy atom. The number of fused-ring (bicyclic) bond motifs is 1. The molecule has 0 aromatic heterocycles. The van der Waals surface area contributed by atoms with Crippen molar-refractivity contribution >= 4 is 17.8 Å². The van der Waals surface area contributed by atoms with Crippen molar-refractivity contribution in [1.29, 1.82) is 0 Å². The van der Waals surface area contributed by atoms with Gasteiger partial charge in [0, 0.05) is 52.0 Å². The molecule has 4 heterocycles. The Labute approximate surface area is 340 Å². The van der Waals surface area contributed by atoms with Gasteiger partial charge in [-0.05, 0) is 80.6 Å². The number of aliphatic hydroxyl groups excluding tert-OH is 2.